The molecular weight excluding hydrogens is 364 g/mol. The van der Waals surface area contributed by atoms with Crippen LogP contribution in [0.4, 0.5) is 0 Å². The van der Waals surface area contributed by atoms with Gasteiger partial charge < -0.3 is 10.1 Å². The van der Waals surface area contributed by atoms with Crippen molar-refractivity contribution in [3.63, 3.8) is 0 Å². The van der Waals surface area contributed by atoms with Crippen molar-refractivity contribution in [3.05, 3.63) is 88.1 Å². The molecule has 4 heteroatoms. The number of ether oxygens (including phenoxy) is 1. The van der Waals surface area contributed by atoms with Crippen molar-refractivity contribution in [2.75, 3.05) is 20.1 Å². The standard InChI is InChI=1S/C24H30N2OS/c1-3-26(18-20-9-5-4-6-10-20)19-21-11-7-12-22(17-21)27-23(14-15-25-2)24-13-8-16-28-24/h4-13,16-17,23,25H,3,14-15,18-19H2,1-2H3. The summed E-state index contributed by atoms with van der Waals surface area (Å²) >= 11 is 1.76. The largest absolute Gasteiger partial charge is 0.485 e. The molecule has 0 spiro atoms. The van der Waals surface area contributed by atoms with Gasteiger partial charge in [-0.05, 0) is 54.8 Å². The molecule has 0 bridgehead atoms. The molecule has 28 heavy (non-hydrogen) atoms. The van der Waals surface area contributed by atoms with Gasteiger partial charge in [0.25, 0.3) is 0 Å². The van der Waals surface area contributed by atoms with Crippen LogP contribution in [0.5, 0.6) is 5.75 Å². The number of benzene rings is 2. The highest BCUT2D eigenvalue weighted by molar-refractivity contribution is 7.10. The number of thiophene rings is 1. The third kappa shape index (κ3) is 6.20. The van der Waals surface area contributed by atoms with Crippen molar-refractivity contribution in [3.8, 4) is 5.75 Å². The number of hydrogen-bond acceptors (Lipinski definition) is 4. The summed E-state index contributed by atoms with van der Waals surface area (Å²) in [6.07, 6.45) is 1.05. The molecule has 2 aromatic carbocycles. The van der Waals surface area contributed by atoms with Crippen LogP contribution >= 0.6 is 11.3 Å². The minimum atomic E-state index is 0.0919. The molecule has 3 aromatic rings. The summed E-state index contributed by atoms with van der Waals surface area (Å²) in [6.45, 7) is 6.04. The summed E-state index contributed by atoms with van der Waals surface area (Å²) in [4.78, 5) is 3.73. The van der Waals surface area contributed by atoms with E-state index in [-0.39, 0.29) is 6.10 Å². The first kappa shape index (κ1) is 20.6. The first-order valence-electron chi connectivity index (χ1n) is 9.98. The van der Waals surface area contributed by atoms with Gasteiger partial charge >= 0.3 is 0 Å². The predicted octanol–water partition coefficient (Wildman–Crippen LogP) is 5.50. The van der Waals surface area contributed by atoms with Crippen molar-refractivity contribution in [2.45, 2.75) is 32.5 Å². The molecule has 1 atom stereocenters. The third-order valence-corrected chi connectivity index (χ3v) is 5.76. The van der Waals surface area contributed by atoms with E-state index in [4.69, 9.17) is 4.74 Å². The van der Waals surface area contributed by atoms with Crippen LogP contribution in [0.25, 0.3) is 0 Å². The Morgan fingerprint density at radius 3 is 2.46 bits per heavy atom. The van der Waals surface area contributed by atoms with E-state index in [1.165, 1.54) is 16.0 Å². The summed E-state index contributed by atoms with van der Waals surface area (Å²) in [7, 11) is 1.98. The molecule has 0 fully saturated rings. The Kier molecular flexibility index (Phi) is 8.09. The zero-order chi connectivity index (χ0) is 19.6. The van der Waals surface area contributed by atoms with Crippen LogP contribution < -0.4 is 10.1 Å². The van der Waals surface area contributed by atoms with Crippen molar-refractivity contribution >= 4 is 11.3 Å². The minimum Gasteiger partial charge on any atom is -0.485 e. The number of nitrogens with zero attached hydrogens (tertiary/aromatic N) is 1. The lowest BCUT2D eigenvalue weighted by atomic mass is 10.1. The van der Waals surface area contributed by atoms with E-state index < -0.39 is 0 Å². The molecule has 148 valence electrons. The van der Waals surface area contributed by atoms with Crippen LogP contribution in [0.1, 0.15) is 35.5 Å². The summed E-state index contributed by atoms with van der Waals surface area (Å²) in [5, 5.41) is 5.35. The summed E-state index contributed by atoms with van der Waals surface area (Å²) < 4.78 is 6.39. The molecule has 0 amide bonds. The Morgan fingerprint density at radius 2 is 1.75 bits per heavy atom. The number of hydrogen-bond donors (Lipinski definition) is 1. The first-order valence-corrected chi connectivity index (χ1v) is 10.9. The fraction of sp³-hybridized carbons (Fsp3) is 0.333. The lowest BCUT2D eigenvalue weighted by Crippen LogP contribution is -2.22. The van der Waals surface area contributed by atoms with Crippen LogP contribution in [0.3, 0.4) is 0 Å². The molecule has 1 N–H and O–H groups in total. The summed E-state index contributed by atoms with van der Waals surface area (Å²) in [6, 6.07) is 23.5. The van der Waals surface area contributed by atoms with Gasteiger partial charge in [0.1, 0.15) is 11.9 Å². The van der Waals surface area contributed by atoms with E-state index in [9.17, 15) is 0 Å². The zero-order valence-corrected chi connectivity index (χ0v) is 17.6. The van der Waals surface area contributed by atoms with Crippen molar-refractivity contribution in [1.29, 1.82) is 0 Å². The van der Waals surface area contributed by atoms with Crippen LogP contribution in [0, 0.1) is 0 Å². The van der Waals surface area contributed by atoms with Gasteiger partial charge in [-0.25, -0.2) is 0 Å². The predicted molar refractivity (Wildman–Crippen MR) is 119 cm³/mol. The fourth-order valence-corrected chi connectivity index (χ4v) is 4.06. The molecule has 3 nitrogen and oxygen atoms in total. The van der Waals surface area contributed by atoms with E-state index in [2.05, 4.69) is 89.3 Å². The van der Waals surface area contributed by atoms with Gasteiger partial charge in [-0.15, -0.1) is 11.3 Å². The quantitative estimate of drug-likeness (QED) is 0.465. The van der Waals surface area contributed by atoms with Crippen molar-refractivity contribution < 1.29 is 4.74 Å². The van der Waals surface area contributed by atoms with Gasteiger partial charge in [0.15, 0.2) is 0 Å². The number of rotatable bonds is 11. The Bertz CT molecular complexity index is 804. The summed E-state index contributed by atoms with van der Waals surface area (Å²) in [5.74, 6) is 0.947. The van der Waals surface area contributed by atoms with E-state index in [1.54, 1.807) is 11.3 Å². The fourth-order valence-electron chi connectivity index (χ4n) is 3.27. The van der Waals surface area contributed by atoms with Gasteiger partial charge in [-0.2, -0.15) is 0 Å². The van der Waals surface area contributed by atoms with Gasteiger partial charge in [0, 0.05) is 24.4 Å². The highest BCUT2D eigenvalue weighted by Gasteiger charge is 2.15. The molecule has 0 saturated heterocycles. The average Bonchev–Trinajstić information content (AvgIpc) is 3.26. The van der Waals surface area contributed by atoms with Crippen molar-refractivity contribution in [1.82, 2.24) is 10.2 Å². The lowest BCUT2D eigenvalue weighted by molar-refractivity contribution is 0.198. The normalized spacial score (nSPS) is 12.2. The second-order valence-corrected chi connectivity index (χ2v) is 7.93. The lowest BCUT2D eigenvalue weighted by Gasteiger charge is -2.22. The van der Waals surface area contributed by atoms with E-state index >= 15 is 0 Å². The highest BCUT2D eigenvalue weighted by atomic mass is 32.1. The molecule has 3 rings (SSSR count). The molecule has 0 aliphatic rings. The SMILES string of the molecule is CCN(Cc1ccccc1)Cc1cccc(OC(CCNC)c2cccs2)c1. The van der Waals surface area contributed by atoms with Gasteiger partial charge in [0.05, 0.1) is 0 Å². The van der Waals surface area contributed by atoms with Gasteiger partial charge in [-0.3, -0.25) is 4.90 Å². The Morgan fingerprint density at radius 1 is 0.964 bits per heavy atom. The van der Waals surface area contributed by atoms with Crippen LogP contribution in [0.2, 0.25) is 0 Å². The molecule has 1 heterocycles. The second kappa shape index (κ2) is 11.0. The Labute approximate surface area is 173 Å². The van der Waals surface area contributed by atoms with E-state index in [0.717, 1.165) is 38.3 Å². The maximum atomic E-state index is 6.39. The zero-order valence-electron chi connectivity index (χ0n) is 16.8. The van der Waals surface area contributed by atoms with Crippen molar-refractivity contribution in [2.24, 2.45) is 0 Å². The monoisotopic (exact) mass is 394 g/mol. The van der Waals surface area contributed by atoms with Crippen LogP contribution in [-0.2, 0) is 13.1 Å². The molecule has 0 aliphatic heterocycles. The second-order valence-electron chi connectivity index (χ2n) is 6.95. The van der Waals surface area contributed by atoms with Gasteiger partial charge in [-0.1, -0.05) is 55.5 Å². The maximum Gasteiger partial charge on any atom is 0.134 e. The average molecular weight is 395 g/mol. The molecular formula is C24H30N2OS. The maximum absolute atomic E-state index is 6.39. The molecule has 0 saturated carbocycles. The topological polar surface area (TPSA) is 24.5 Å². The van der Waals surface area contributed by atoms with Gasteiger partial charge in [0.2, 0.25) is 0 Å². The van der Waals surface area contributed by atoms with E-state index in [0.29, 0.717) is 0 Å². The number of nitrogens with one attached hydrogen (secondary N) is 1. The highest BCUT2D eigenvalue weighted by Crippen LogP contribution is 2.28. The van der Waals surface area contributed by atoms with E-state index in [1.807, 2.05) is 7.05 Å². The Hall–Kier alpha value is -2.14. The Balaban J connectivity index is 1.66. The first-order chi connectivity index (χ1) is 13.8. The smallest absolute Gasteiger partial charge is 0.134 e. The summed E-state index contributed by atoms with van der Waals surface area (Å²) in [5.41, 5.74) is 2.63. The van der Waals surface area contributed by atoms with Crippen LogP contribution in [-0.4, -0.2) is 25.0 Å². The third-order valence-electron chi connectivity index (χ3n) is 4.80. The van der Waals surface area contributed by atoms with Crippen LogP contribution in [0.15, 0.2) is 72.1 Å². The molecule has 1 aromatic heterocycles. The molecule has 1 unspecified atom stereocenters. The molecule has 0 radical (unpaired) electrons. The molecule has 0 aliphatic carbocycles. The minimum absolute atomic E-state index is 0.0919.